The minimum absolute atomic E-state index is 0.0971. The zero-order valence-corrected chi connectivity index (χ0v) is 12.8. The van der Waals surface area contributed by atoms with Crippen LogP contribution in [0.5, 0.6) is 17.2 Å². The van der Waals surface area contributed by atoms with E-state index in [2.05, 4.69) is 11.9 Å². The van der Waals surface area contributed by atoms with Crippen molar-refractivity contribution in [1.82, 2.24) is 5.32 Å². The summed E-state index contributed by atoms with van der Waals surface area (Å²) in [5.74, 6) is 2.22. The smallest absolute Gasteiger partial charge is 0.261 e. The highest BCUT2D eigenvalue weighted by Crippen LogP contribution is 2.32. The largest absolute Gasteiger partial charge is 0.480 e. The van der Waals surface area contributed by atoms with E-state index in [1.807, 2.05) is 48.5 Å². The first kappa shape index (κ1) is 15.2. The number of hydrogen-bond acceptors (Lipinski definition) is 3. The number of hydrogen-bond donors (Lipinski definition) is 1. The minimum Gasteiger partial charge on any atom is -0.480 e. The van der Waals surface area contributed by atoms with Gasteiger partial charge in [-0.15, -0.1) is 6.58 Å². The summed E-state index contributed by atoms with van der Waals surface area (Å²) in [7, 11) is 0. The van der Waals surface area contributed by atoms with Crippen LogP contribution in [0.15, 0.2) is 61.2 Å². The number of fused-ring (bicyclic) bond motifs is 1. The Morgan fingerprint density at radius 2 is 2.09 bits per heavy atom. The summed E-state index contributed by atoms with van der Waals surface area (Å²) in [6, 6.07) is 15.3. The third-order valence-corrected chi connectivity index (χ3v) is 3.67. The van der Waals surface area contributed by atoms with E-state index >= 15 is 0 Å². The van der Waals surface area contributed by atoms with Gasteiger partial charge in [-0.25, -0.2) is 0 Å². The molecule has 0 saturated heterocycles. The molecule has 4 nitrogen and oxygen atoms in total. The normalized spacial score (nSPS) is 15.9. The molecule has 0 aromatic heterocycles. The van der Waals surface area contributed by atoms with Gasteiger partial charge in [0.05, 0.1) is 0 Å². The van der Waals surface area contributed by atoms with Gasteiger partial charge in [-0.3, -0.25) is 4.79 Å². The average Bonchev–Trinajstić information content (AvgIpc) is 2.60. The molecule has 1 atom stereocenters. The van der Waals surface area contributed by atoms with Crippen LogP contribution in [-0.2, 0) is 11.2 Å². The van der Waals surface area contributed by atoms with Crippen LogP contribution in [0.4, 0.5) is 0 Å². The first-order chi connectivity index (χ1) is 11.3. The van der Waals surface area contributed by atoms with Gasteiger partial charge in [-0.2, -0.15) is 0 Å². The Bertz CT molecular complexity index is 697. The van der Waals surface area contributed by atoms with Crippen molar-refractivity contribution in [2.24, 2.45) is 0 Å². The van der Waals surface area contributed by atoms with Crippen LogP contribution >= 0.6 is 0 Å². The number of ether oxygens (including phenoxy) is 2. The highest BCUT2D eigenvalue weighted by Gasteiger charge is 2.25. The van der Waals surface area contributed by atoms with Crippen molar-refractivity contribution in [2.45, 2.75) is 18.9 Å². The summed E-state index contributed by atoms with van der Waals surface area (Å²) < 4.78 is 11.6. The molecule has 2 aromatic rings. The SMILES string of the molecule is C=CCNC(=O)C1CCc2cc(Oc3ccccc3)ccc2O1. The Hall–Kier alpha value is -2.75. The second-order valence-corrected chi connectivity index (χ2v) is 5.36. The maximum Gasteiger partial charge on any atom is 0.261 e. The molecule has 0 spiro atoms. The number of carbonyl (C=O) groups excluding carboxylic acids is 1. The third-order valence-electron chi connectivity index (χ3n) is 3.67. The molecule has 2 aromatic carbocycles. The summed E-state index contributed by atoms with van der Waals surface area (Å²) in [5, 5.41) is 2.77. The number of nitrogens with one attached hydrogen (secondary N) is 1. The van der Waals surface area contributed by atoms with Gasteiger partial charge in [0.2, 0.25) is 0 Å². The van der Waals surface area contributed by atoms with Crippen molar-refractivity contribution in [3.63, 3.8) is 0 Å². The van der Waals surface area contributed by atoms with Crippen molar-refractivity contribution in [1.29, 1.82) is 0 Å². The third kappa shape index (κ3) is 3.72. The van der Waals surface area contributed by atoms with Gasteiger partial charge in [0.15, 0.2) is 6.10 Å². The first-order valence-corrected chi connectivity index (χ1v) is 7.67. The second-order valence-electron chi connectivity index (χ2n) is 5.36. The summed E-state index contributed by atoms with van der Waals surface area (Å²) in [4.78, 5) is 12.0. The van der Waals surface area contributed by atoms with Crippen molar-refractivity contribution in [3.05, 3.63) is 66.7 Å². The molecule has 23 heavy (non-hydrogen) atoms. The van der Waals surface area contributed by atoms with Crippen LogP contribution < -0.4 is 14.8 Å². The lowest BCUT2D eigenvalue weighted by atomic mass is 10.0. The van der Waals surface area contributed by atoms with E-state index in [4.69, 9.17) is 9.47 Å². The van der Waals surface area contributed by atoms with Crippen LogP contribution in [0, 0.1) is 0 Å². The maximum absolute atomic E-state index is 12.0. The average molecular weight is 309 g/mol. The molecule has 0 radical (unpaired) electrons. The van der Waals surface area contributed by atoms with Crippen LogP contribution in [0.1, 0.15) is 12.0 Å². The van der Waals surface area contributed by atoms with Crippen molar-refractivity contribution in [3.8, 4) is 17.2 Å². The molecule has 0 saturated carbocycles. The topological polar surface area (TPSA) is 47.6 Å². The van der Waals surface area contributed by atoms with Gasteiger partial charge in [0.25, 0.3) is 5.91 Å². The lowest BCUT2D eigenvalue weighted by Crippen LogP contribution is -2.40. The fraction of sp³-hybridized carbons (Fsp3) is 0.211. The van der Waals surface area contributed by atoms with Gasteiger partial charge in [-0.05, 0) is 48.7 Å². The van der Waals surface area contributed by atoms with E-state index in [0.29, 0.717) is 13.0 Å². The molecule has 0 aliphatic carbocycles. The molecular weight excluding hydrogens is 290 g/mol. The van der Waals surface area contributed by atoms with Crippen LogP contribution in [0.2, 0.25) is 0 Å². The summed E-state index contributed by atoms with van der Waals surface area (Å²) in [6.07, 6.45) is 2.66. The van der Waals surface area contributed by atoms with Crippen LogP contribution in [-0.4, -0.2) is 18.6 Å². The van der Waals surface area contributed by atoms with Crippen molar-refractivity contribution >= 4 is 5.91 Å². The summed E-state index contributed by atoms with van der Waals surface area (Å²) in [5.41, 5.74) is 1.06. The Morgan fingerprint density at radius 1 is 1.26 bits per heavy atom. The molecule has 1 amide bonds. The highest BCUT2D eigenvalue weighted by molar-refractivity contribution is 5.81. The Morgan fingerprint density at radius 3 is 2.87 bits per heavy atom. The zero-order chi connectivity index (χ0) is 16.1. The predicted molar refractivity (Wildman–Crippen MR) is 88.9 cm³/mol. The number of para-hydroxylation sites is 1. The summed E-state index contributed by atoms with van der Waals surface area (Å²) >= 11 is 0. The van der Waals surface area contributed by atoms with Gasteiger partial charge in [-0.1, -0.05) is 24.3 Å². The van der Waals surface area contributed by atoms with Crippen molar-refractivity contribution < 1.29 is 14.3 Å². The second kappa shape index (κ2) is 7.01. The Labute approximate surface area is 135 Å². The minimum atomic E-state index is -0.441. The fourth-order valence-electron chi connectivity index (χ4n) is 2.52. The fourth-order valence-corrected chi connectivity index (χ4v) is 2.52. The number of amides is 1. The molecule has 1 N–H and O–H groups in total. The lowest BCUT2D eigenvalue weighted by Gasteiger charge is -2.25. The van der Waals surface area contributed by atoms with E-state index < -0.39 is 6.10 Å². The molecular formula is C19H19NO3. The maximum atomic E-state index is 12.0. The Kier molecular flexibility index (Phi) is 4.62. The molecule has 1 aliphatic rings. The summed E-state index contributed by atoms with van der Waals surface area (Å²) in [6.45, 7) is 4.04. The molecule has 1 aliphatic heterocycles. The molecule has 0 fully saturated rings. The molecule has 1 unspecified atom stereocenters. The zero-order valence-electron chi connectivity index (χ0n) is 12.8. The number of rotatable bonds is 5. The first-order valence-electron chi connectivity index (χ1n) is 7.67. The van der Waals surface area contributed by atoms with E-state index in [1.165, 1.54) is 0 Å². The van der Waals surface area contributed by atoms with E-state index in [0.717, 1.165) is 29.2 Å². The predicted octanol–water partition coefficient (Wildman–Crippen LogP) is 3.47. The van der Waals surface area contributed by atoms with Gasteiger partial charge >= 0.3 is 0 Å². The van der Waals surface area contributed by atoms with E-state index in [-0.39, 0.29) is 5.91 Å². The number of aryl methyl sites for hydroxylation is 1. The standard InChI is InChI=1S/C19H19NO3/c1-2-12-20-19(21)18-10-8-14-13-16(9-11-17(14)23-18)22-15-6-4-3-5-7-15/h2-7,9,11,13,18H,1,8,10,12H2,(H,20,21). The van der Waals surface area contributed by atoms with Gasteiger partial charge in [0.1, 0.15) is 17.2 Å². The van der Waals surface area contributed by atoms with Crippen LogP contribution in [0.25, 0.3) is 0 Å². The number of carbonyl (C=O) groups is 1. The van der Waals surface area contributed by atoms with Crippen LogP contribution in [0.3, 0.4) is 0 Å². The van der Waals surface area contributed by atoms with E-state index in [1.54, 1.807) is 6.08 Å². The molecule has 0 bridgehead atoms. The molecule has 4 heteroatoms. The van der Waals surface area contributed by atoms with Crippen molar-refractivity contribution in [2.75, 3.05) is 6.54 Å². The molecule has 118 valence electrons. The molecule has 3 rings (SSSR count). The quantitative estimate of drug-likeness (QED) is 0.860. The van der Waals surface area contributed by atoms with Gasteiger partial charge < -0.3 is 14.8 Å². The monoisotopic (exact) mass is 309 g/mol. The molecule has 1 heterocycles. The van der Waals surface area contributed by atoms with E-state index in [9.17, 15) is 4.79 Å². The lowest BCUT2D eigenvalue weighted by molar-refractivity contribution is -0.128. The van der Waals surface area contributed by atoms with Gasteiger partial charge in [0, 0.05) is 6.54 Å². The number of benzene rings is 2. The highest BCUT2D eigenvalue weighted by atomic mass is 16.5. The Balaban J connectivity index is 1.68.